The van der Waals surface area contributed by atoms with Crippen molar-refractivity contribution in [1.29, 1.82) is 0 Å². The van der Waals surface area contributed by atoms with Crippen LogP contribution in [-0.2, 0) is 22.7 Å². The van der Waals surface area contributed by atoms with Crippen LogP contribution < -0.4 is 10.6 Å². The minimum atomic E-state index is -0.303. The Kier molecular flexibility index (Phi) is 13.4. The minimum Gasteiger partial charge on any atom is -0.393 e. The monoisotopic (exact) mass is 885 g/mol. The van der Waals surface area contributed by atoms with Crippen LogP contribution in [0.2, 0.25) is 0 Å². The number of carbonyl (C=O) groups is 2. The van der Waals surface area contributed by atoms with Crippen molar-refractivity contribution in [2.24, 2.45) is 92.7 Å². The SMILES string of the molecule is C[C@H](CCC(=O)NCc1cccc(CNC(=O)CC[C@@H](C)[C@H]2CC[C@H]3[C@@H]4CCC5C[C@H](O)CC[C@]5(C)[C@H]4C[C@H](O)[C@]23C)c1)[C@H]1CC[C@H]2[C@@H]3CCC4C[C@H](O)CC[C@]4(C)[C@H]3C[C@H](O)[C@]12C. The molecule has 358 valence electrons. The van der Waals surface area contributed by atoms with Crippen molar-refractivity contribution in [1.82, 2.24) is 10.6 Å². The second-order valence-corrected chi connectivity index (χ2v) is 25.2. The van der Waals surface area contributed by atoms with E-state index in [1.807, 2.05) is 18.2 Å². The molecule has 0 bridgehead atoms. The summed E-state index contributed by atoms with van der Waals surface area (Å²) < 4.78 is 0. The van der Waals surface area contributed by atoms with Gasteiger partial charge in [0.2, 0.25) is 11.8 Å². The van der Waals surface area contributed by atoms with Gasteiger partial charge in [-0.2, -0.15) is 0 Å². The Balaban J connectivity index is 0.710. The third-order valence-corrected chi connectivity index (χ3v) is 22.6. The van der Waals surface area contributed by atoms with Gasteiger partial charge in [-0.25, -0.2) is 0 Å². The molecule has 1 aromatic rings. The molecule has 64 heavy (non-hydrogen) atoms. The van der Waals surface area contributed by atoms with Gasteiger partial charge in [-0.05, 0) is 219 Å². The lowest BCUT2D eigenvalue weighted by Gasteiger charge is -2.62. The van der Waals surface area contributed by atoms with Crippen molar-refractivity contribution in [2.75, 3.05) is 0 Å². The van der Waals surface area contributed by atoms with Crippen LogP contribution in [0.3, 0.4) is 0 Å². The summed E-state index contributed by atoms with van der Waals surface area (Å²) in [6.07, 6.45) is 19.0. The number of carbonyl (C=O) groups excluding carboxylic acids is 2. The Morgan fingerprint density at radius 1 is 0.578 bits per heavy atom. The highest BCUT2D eigenvalue weighted by Gasteiger charge is 2.65. The van der Waals surface area contributed by atoms with Crippen molar-refractivity contribution in [3.05, 3.63) is 35.4 Å². The van der Waals surface area contributed by atoms with Crippen LogP contribution in [-0.4, -0.2) is 56.7 Å². The van der Waals surface area contributed by atoms with Crippen LogP contribution in [0.25, 0.3) is 0 Å². The molecule has 1 aromatic carbocycles. The Bertz CT molecular complexity index is 1710. The lowest BCUT2D eigenvalue weighted by molar-refractivity contribution is -0.175. The number of aliphatic hydroxyl groups excluding tert-OH is 4. The molecule has 8 fully saturated rings. The van der Waals surface area contributed by atoms with E-state index in [-0.39, 0.29) is 57.9 Å². The van der Waals surface area contributed by atoms with E-state index in [0.29, 0.717) is 96.9 Å². The fourth-order valence-corrected chi connectivity index (χ4v) is 18.9. The average molecular weight is 885 g/mol. The quantitative estimate of drug-likeness (QED) is 0.124. The normalized spacial score (nSPS) is 46.8. The molecule has 20 atom stereocenters. The van der Waals surface area contributed by atoms with E-state index in [4.69, 9.17) is 0 Å². The molecule has 2 amide bonds. The largest absolute Gasteiger partial charge is 0.393 e. The van der Waals surface area contributed by atoms with Crippen LogP contribution >= 0.6 is 0 Å². The molecule has 0 aliphatic heterocycles. The molecular weight excluding hydrogens is 797 g/mol. The van der Waals surface area contributed by atoms with E-state index in [1.54, 1.807) is 0 Å². The van der Waals surface area contributed by atoms with Crippen LogP contribution in [0.15, 0.2) is 24.3 Å². The summed E-state index contributed by atoms with van der Waals surface area (Å²) >= 11 is 0. The zero-order valence-corrected chi connectivity index (χ0v) is 40.7. The molecule has 8 nitrogen and oxygen atoms in total. The van der Waals surface area contributed by atoms with E-state index < -0.39 is 0 Å². The van der Waals surface area contributed by atoms with Gasteiger partial charge in [0.15, 0.2) is 0 Å². The molecule has 8 aliphatic rings. The highest BCUT2D eigenvalue weighted by Crippen LogP contribution is 2.70. The van der Waals surface area contributed by atoms with Gasteiger partial charge >= 0.3 is 0 Å². The van der Waals surface area contributed by atoms with Gasteiger partial charge in [0.05, 0.1) is 24.4 Å². The summed E-state index contributed by atoms with van der Waals surface area (Å²) in [5.74, 6) is 6.43. The Labute approximate surface area is 386 Å². The molecular formula is C56H88N2O6. The third kappa shape index (κ3) is 8.16. The Morgan fingerprint density at radius 2 is 1.00 bits per heavy atom. The van der Waals surface area contributed by atoms with Gasteiger partial charge in [-0.1, -0.05) is 65.8 Å². The first-order valence-corrected chi connectivity index (χ1v) is 26.8. The van der Waals surface area contributed by atoms with Gasteiger partial charge < -0.3 is 31.1 Å². The maximum Gasteiger partial charge on any atom is 0.220 e. The maximum absolute atomic E-state index is 13.3. The predicted molar refractivity (Wildman–Crippen MR) is 252 cm³/mol. The van der Waals surface area contributed by atoms with Crippen LogP contribution in [0, 0.1) is 92.7 Å². The number of rotatable bonds is 12. The standard InChI is InChI=1S/C56H88N2O6/c1-33(43-16-18-45-41-14-12-37-27-39(59)22-24-53(37,3)47(41)29-49(61)55(43,45)5)10-20-51(63)57-31-35-8-7-9-36(26-35)32-58-52(64)21-11-34(2)44-17-19-46-42-15-13-38-28-40(60)23-25-54(38,4)48(42)30-50(62)56(44,46)6/h7-9,26,33-34,37-50,59-62H,10-25,27-32H2,1-6H3,(H,57,63)(H,58,64)/t33-,34-,37?,38?,39-,40-,41+,42+,43-,44-,45+,46+,47+,48+,49+,50+,53+,54+,55-,56-/m1/s1. The van der Waals surface area contributed by atoms with Crippen LogP contribution in [0.4, 0.5) is 0 Å². The average Bonchev–Trinajstić information content (AvgIpc) is 3.83. The fourth-order valence-electron chi connectivity index (χ4n) is 18.9. The van der Waals surface area contributed by atoms with Gasteiger partial charge in [0.1, 0.15) is 0 Å². The zero-order valence-electron chi connectivity index (χ0n) is 40.7. The summed E-state index contributed by atoms with van der Waals surface area (Å²) in [4.78, 5) is 26.5. The van der Waals surface area contributed by atoms with Crippen LogP contribution in [0.5, 0.6) is 0 Å². The van der Waals surface area contributed by atoms with Crippen molar-refractivity contribution in [3.8, 4) is 0 Å². The second-order valence-electron chi connectivity index (χ2n) is 25.2. The number of benzene rings is 1. The number of fused-ring (bicyclic) bond motifs is 10. The molecule has 0 aromatic heterocycles. The lowest BCUT2D eigenvalue weighted by atomic mass is 9.43. The molecule has 2 unspecified atom stereocenters. The summed E-state index contributed by atoms with van der Waals surface area (Å²) in [7, 11) is 0. The maximum atomic E-state index is 13.3. The van der Waals surface area contributed by atoms with E-state index in [2.05, 4.69) is 58.2 Å². The lowest BCUT2D eigenvalue weighted by Crippen LogP contribution is -2.58. The van der Waals surface area contributed by atoms with Gasteiger partial charge in [-0.3, -0.25) is 9.59 Å². The van der Waals surface area contributed by atoms with E-state index in [9.17, 15) is 30.0 Å². The molecule has 0 saturated heterocycles. The molecule has 8 heteroatoms. The first kappa shape index (κ1) is 47.1. The van der Waals surface area contributed by atoms with Crippen molar-refractivity contribution in [2.45, 2.75) is 207 Å². The minimum absolute atomic E-state index is 0.0731. The van der Waals surface area contributed by atoms with E-state index in [1.165, 1.54) is 38.5 Å². The van der Waals surface area contributed by atoms with Gasteiger partial charge in [-0.15, -0.1) is 0 Å². The van der Waals surface area contributed by atoms with Crippen LogP contribution in [0.1, 0.15) is 181 Å². The number of hydrogen-bond donors (Lipinski definition) is 6. The first-order chi connectivity index (χ1) is 30.5. The Hall–Kier alpha value is -2.00. The van der Waals surface area contributed by atoms with Gasteiger partial charge in [0.25, 0.3) is 0 Å². The topological polar surface area (TPSA) is 139 Å². The predicted octanol–water partition coefficient (Wildman–Crippen LogP) is 9.73. The van der Waals surface area contributed by atoms with Gasteiger partial charge in [0, 0.05) is 25.9 Å². The molecule has 8 aliphatic carbocycles. The fraction of sp³-hybridized carbons (Fsp3) is 0.857. The molecule has 9 rings (SSSR count). The highest BCUT2D eigenvalue weighted by molar-refractivity contribution is 5.76. The van der Waals surface area contributed by atoms with Crippen molar-refractivity contribution in [3.63, 3.8) is 0 Å². The smallest absolute Gasteiger partial charge is 0.220 e. The molecule has 0 heterocycles. The number of hydrogen-bond acceptors (Lipinski definition) is 6. The van der Waals surface area contributed by atoms with Crippen molar-refractivity contribution >= 4 is 11.8 Å². The summed E-state index contributed by atoms with van der Waals surface area (Å²) in [5.41, 5.74) is 2.36. The molecule has 8 saturated carbocycles. The van der Waals surface area contributed by atoms with Crippen molar-refractivity contribution < 1.29 is 30.0 Å². The number of amides is 2. The number of nitrogens with one attached hydrogen (secondary N) is 2. The molecule has 0 spiro atoms. The Morgan fingerprint density at radius 3 is 1.42 bits per heavy atom. The number of aliphatic hydroxyl groups is 4. The van der Waals surface area contributed by atoms with E-state index in [0.717, 1.165) is 88.2 Å². The molecule has 0 radical (unpaired) electrons. The summed E-state index contributed by atoms with van der Waals surface area (Å²) in [6.45, 7) is 15.3. The summed E-state index contributed by atoms with van der Waals surface area (Å²) in [5, 5.41) is 51.2. The van der Waals surface area contributed by atoms with E-state index >= 15 is 0 Å². The third-order valence-electron chi connectivity index (χ3n) is 22.6. The second kappa shape index (κ2) is 18.1. The summed E-state index contributed by atoms with van der Waals surface area (Å²) in [6, 6.07) is 8.18. The highest BCUT2D eigenvalue weighted by atomic mass is 16.3. The zero-order chi connectivity index (χ0) is 45.3. The first-order valence-electron chi connectivity index (χ1n) is 26.8. The molecule has 6 N–H and O–H groups in total.